The molecule has 2 N–H and O–H groups in total. The zero-order valence-electron chi connectivity index (χ0n) is 16.0. The monoisotopic (exact) mass is 376 g/mol. The van der Waals surface area contributed by atoms with Crippen molar-refractivity contribution in [2.75, 3.05) is 30.8 Å². The lowest BCUT2D eigenvalue weighted by atomic mass is 10.1. The highest BCUT2D eigenvalue weighted by molar-refractivity contribution is 5.85. The molecule has 0 spiro atoms. The van der Waals surface area contributed by atoms with Gasteiger partial charge < -0.3 is 15.0 Å². The van der Waals surface area contributed by atoms with Gasteiger partial charge in [-0.15, -0.1) is 0 Å². The van der Waals surface area contributed by atoms with Gasteiger partial charge in [-0.3, -0.25) is 5.32 Å². The number of carbonyl (C=O) groups is 1. The van der Waals surface area contributed by atoms with Gasteiger partial charge in [-0.1, -0.05) is 13.8 Å². The minimum atomic E-state index is -4.61. The molecule has 1 aliphatic rings. The summed E-state index contributed by atoms with van der Waals surface area (Å²) < 4.78 is 44.1. The van der Waals surface area contributed by atoms with Gasteiger partial charge in [-0.2, -0.15) is 13.2 Å². The average molecular weight is 376 g/mol. The van der Waals surface area contributed by atoms with Crippen molar-refractivity contribution in [2.45, 2.75) is 52.4 Å². The molecule has 0 radical (unpaired) electrons. The zero-order valence-corrected chi connectivity index (χ0v) is 16.0. The number of hydrogen-bond acceptors (Lipinski definition) is 5. The summed E-state index contributed by atoms with van der Waals surface area (Å²) in [6.07, 6.45) is -5.44. The first-order valence-electron chi connectivity index (χ1n) is 8.47. The number of alkyl halides is 3. The minimum Gasteiger partial charge on any atom is -0.444 e. The van der Waals surface area contributed by atoms with E-state index in [-0.39, 0.29) is 17.5 Å². The smallest absolute Gasteiger partial charge is 0.433 e. The summed E-state index contributed by atoms with van der Waals surface area (Å²) in [6, 6.07) is 2.17. The molecule has 1 fully saturated rings. The van der Waals surface area contributed by atoms with E-state index in [0.717, 1.165) is 6.07 Å². The highest BCUT2D eigenvalue weighted by atomic mass is 19.4. The largest absolute Gasteiger partial charge is 0.444 e. The topological polar surface area (TPSA) is 66.5 Å². The number of halogens is 3. The number of amides is 1. The molecule has 148 valence electrons. The van der Waals surface area contributed by atoms with Gasteiger partial charge in [-0.05, 0) is 33.9 Å². The van der Waals surface area contributed by atoms with E-state index >= 15 is 0 Å². The molecule has 6 nitrogen and oxygen atoms in total. The molecule has 0 saturated carbocycles. The molecular weight excluding hydrogens is 349 g/mol. The first-order chi connectivity index (χ1) is 11.9. The quantitative estimate of drug-likeness (QED) is 0.828. The van der Waals surface area contributed by atoms with Gasteiger partial charge in [0.25, 0.3) is 0 Å². The number of pyridine rings is 1. The van der Waals surface area contributed by atoms with Crippen molar-refractivity contribution in [2.24, 2.45) is 0 Å². The van der Waals surface area contributed by atoms with Crippen LogP contribution in [0.3, 0.4) is 0 Å². The van der Waals surface area contributed by atoms with Crippen LogP contribution < -0.4 is 10.6 Å². The highest BCUT2D eigenvalue weighted by Gasteiger charge is 2.34. The summed E-state index contributed by atoms with van der Waals surface area (Å²) >= 11 is 0. The van der Waals surface area contributed by atoms with Crippen molar-refractivity contribution in [1.29, 1.82) is 0 Å². The van der Waals surface area contributed by atoms with Crippen LogP contribution in [0.1, 0.15) is 40.3 Å². The van der Waals surface area contributed by atoms with E-state index < -0.39 is 23.6 Å². The Hall–Kier alpha value is -2.03. The fourth-order valence-electron chi connectivity index (χ4n) is 2.24. The lowest BCUT2D eigenvalue weighted by Gasteiger charge is -2.37. The van der Waals surface area contributed by atoms with E-state index in [1.54, 1.807) is 20.8 Å². The molecule has 1 aromatic heterocycles. The van der Waals surface area contributed by atoms with E-state index in [4.69, 9.17) is 4.74 Å². The minimum absolute atomic E-state index is 0.0262. The second kappa shape index (κ2) is 8.57. The average Bonchev–Trinajstić information content (AvgIpc) is 2.44. The lowest BCUT2D eigenvalue weighted by molar-refractivity contribution is -0.141. The third-order valence-electron chi connectivity index (χ3n) is 3.18. The fourth-order valence-corrected chi connectivity index (χ4v) is 2.24. The maximum absolute atomic E-state index is 13.0. The SMILES string of the molecule is CC.CN1CC(Nc2cc(NC(=O)OC(C)(C)C)cc(C(F)(F)F)n2)C1. The van der Waals surface area contributed by atoms with Crippen molar-refractivity contribution >= 4 is 17.6 Å². The number of nitrogens with one attached hydrogen (secondary N) is 2. The Labute approximate surface area is 152 Å². The molecule has 1 amide bonds. The van der Waals surface area contributed by atoms with Crippen molar-refractivity contribution in [3.63, 3.8) is 0 Å². The van der Waals surface area contributed by atoms with E-state index in [1.165, 1.54) is 6.07 Å². The van der Waals surface area contributed by atoms with Crippen LogP contribution >= 0.6 is 0 Å². The lowest BCUT2D eigenvalue weighted by Crippen LogP contribution is -2.52. The number of likely N-dealkylation sites (tertiary alicyclic amines) is 1. The number of hydrogen-bond donors (Lipinski definition) is 2. The van der Waals surface area contributed by atoms with E-state index in [2.05, 4.69) is 15.6 Å². The predicted octanol–water partition coefficient (Wildman–Crippen LogP) is 4.20. The summed E-state index contributed by atoms with van der Waals surface area (Å²) in [5.74, 6) is 0.0639. The van der Waals surface area contributed by atoms with Gasteiger partial charge in [0.05, 0.1) is 6.04 Å². The summed E-state index contributed by atoms with van der Waals surface area (Å²) in [4.78, 5) is 17.4. The molecule has 0 aromatic carbocycles. The van der Waals surface area contributed by atoms with Gasteiger partial charge in [0, 0.05) is 24.8 Å². The number of carbonyl (C=O) groups excluding carboxylic acids is 1. The fraction of sp³-hybridized carbons (Fsp3) is 0.647. The molecule has 9 heteroatoms. The van der Waals surface area contributed by atoms with Crippen LogP contribution in [0, 0.1) is 0 Å². The first-order valence-corrected chi connectivity index (χ1v) is 8.47. The number of aromatic nitrogens is 1. The van der Waals surface area contributed by atoms with Crippen LogP contribution in [0.4, 0.5) is 29.5 Å². The molecule has 26 heavy (non-hydrogen) atoms. The number of nitrogens with zero attached hydrogens (tertiary/aromatic N) is 2. The summed E-state index contributed by atoms with van der Waals surface area (Å²) in [6.45, 7) is 10.4. The molecule has 2 heterocycles. The number of anilines is 2. The van der Waals surface area contributed by atoms with Crippen molar-refractivity contribution in [1.82, 2.24) is 9.88 Å². The highest BCUT2D eigenvalue weighted by Crippen LogP contribution is 2.31. The van der Waals surface area contributed by atoms with E-state index in [9.17, 15) is 18.0 Å². The van der Waals surface area contributed by atoms with Crippen LogP contribution in [0.2, 0.25) is 0 Å². The Balaban J connectivity index is 0.00000163. The molecular formula is C17H27F3N4O2. The molecule has 0 atom stereocenters. The molecule has 1 aromatic rings. The maximum Gasteiger partial charge on any atom is 0.433 e. The van der Waals surface area contributed by atoms with E-state index in [1.807, 2.05) is 25.8 Å². The number of ether oxygens (including phenoxy) is 1. The summed E-state index contributed by atoms with van der Waals surface area (Å²) in [7, 11) is 1.91. The van der Waals surface area contributed by atoms with Crippen molar-refractivity contribution < 1.29 is 22.7 Å². The Bertz CT molecular complexity index is 609. The van der Waals surface area contributed by atoms with Gasteiger partial charge in [0.2, 0.25) is 0 Å². The third kappa shape index (κ3) is 7.07. The van der Waals surface area contributed by atoms with Crippen LogP contribution in [0.5, 0.6) is 0 Å². The van der Waals surface area contributed by atoms with Crippen molar-refractivity contribution in [3.05, 3.63) is 17.8 Å². The Morgan fingerprint density at radius 1 is 1.23 bits per heavy atom. The molecule has 0 aliphatic carbocycles. The van der Waals surface area contributed by atoms with Gasteiger partial charge in [0.1, 0.15) is 17.1 Å². The Kier molecular flexibility index (Phi) is 7.25. The number of rotatable bonds is 3. The molecule has 1 saturated heterocycles. The van der Waals surface area contributed by atoms with Crippen LogP contribution in [0.25, 0.3) is 0 Å². The summed E-state index contributed by atoms with van der Waals surface area (Å²) in [5.41, 5.74) is -1.85. The van der Waals surface area contributed by atoms with Crippen LogP contribution in [-0.2, 0) is 10.9 Å². The second-order valence-electron chi connectivity index (χ2n) is 6.81. The standard InChI is InChI=1S/C15H21F3N4O2.C2H6/c1-14(2,3)24-13(23)20-9-5-11(15(16,17)18)21-12(6-9)19-10-7-22(4)8-10;1-2/h5-6,10H,7-8H2,1-4H3,(H2,19,20,21,23);1-2H3. The van der Waals surface area contributed by atoms with Crippen LogP contribution in [-0.4, -0.2) is 47.8 Å². The zero-order chi connectivity index (χ0) is 20.1. The maximum atomic E-state index is 13.0. The Morgan fingerprint density at radius 2 is 1.81 bits per heavy atom. The molecule has 2 rings (SSSR count). The second-order valence-corrected chi connectivity index (χ2v) is 6.81. The Morgan fingerprint density at radius 3 is 2.27 bits per heavy atom. The summed E-state index contributed by atoms with van der Waals surface area (Å²) in [5, 5.41) is 5.26. The molecule has 0 bridgehead atoms. The van der Waals surface area contributed by atoms with Crippen LogP contribution in [0.15, 0.2) is 12.1 Å². The normalized spacial score (nSPS) is 15.4. The first kappa shape index (κ1) is 22.0. The number of likely N-dealkylation sites (N-methyl/N-ethyl adjacent to an activating group) is 1. The van der Waals surface area contributed by atoms with Gasteiger partial charge in [0.15, 0.2) is 0 Å². The third-order valence-corrected chi connectivity index (χ3v) is 3.18. The van der Waals surface area contributed by atoms with Gasteiger partial charge >= 0.3 is 12.3 Å². The van der Waals surface area contributed by atoms with E-state index in [0.29, 0.717) is 13.1 Å². The van der Waals surface area contributed by atoms with Gasteiger partial charge in [-0.25, -0.2) is 9.78 Å². The molecule has 1 aliphatic heterocycles. The van der Waals surface area contributed by atoms with Crippen molar-refractivity contribution in [3.8, 4) is 0 Å². The molecule has 0 unspecified atom stereocenters. The predicted molar refractivity (Wildman–Crippen MR) is 95.4 cm³/mol.